The molecule has 1 aromatic rings. The number of fused-ring (bicyclic) bond motifs is 1. The summed E-state index contributed by atoms with van der Waals surface area (Å²) in [6.45, 7) is 0.935. The molecular weight excluding hydrogens is 262 g/mol. The first kappa shape index (κ1) is 12.5. The highest BCUT2D eigenvalue weighted by atomic mass is 32.2. The van der Waals surface area contributed by atoms with Crippen molar-refractivity contribution in [1.82, 2.24) is 4.90 Å². The number of carboxylic acid groups (broad SMARTS) is 1. The number of hydrogen-bond donors (Lipinski definition) is 1. The number of aliphatic carboxylic acids is 1. The molecule has 3 rings (SSSR count). The number of rotatable bonds is 2. The van der Waals surface area contributed by atoms with E-state index in [9.17, 15) is 9.59 Å². The number of thioether (sulfide) groups is 1. The fourth-order valence-corrected chi connectivity index (χ4v) is 3.96. The van der Waals surface area contributed by atoms with Gasteiger partial charge in [-0.05, 0) is 24.5 Å². The highest BCUT2D eigenvalue weighted by molar-refractivity contribution is 8.01. The molecule has 2 aliphatic heterocycles. The molecule has 4 nitrogen and oxygen atoms in total. The zero-order chi connectivity index (χ0) is 13.4. The smallest absolute Gasteiger partial charge is 0.308 e. The number of carbonyl (C=O) groups is 2. The molecule has 2 unspecified atom stereocenters. The van der Waals surface area contributed by atoms with Gasteiger partial charge in [0.25, 0.3) is 0 Å². The van der Waals surface area contributed by atoms with Gasteiger partial charge >= 0.3 is 5.97 Å². The van der Waals surface area contributed by atoms with Gasteiger partial charge in [-0.2, -0.15) is 0 Å². The van der Waals surface area contributed by atoms with Crippen LogP contribution in [0.2, 0.25) is 0 Å². The minimum absolute atomic E-state index is 0.0788. The third-order valence-electron chi connectivity index (χ3n) is 3.77. The Hall–Kier alpha value is -1.49. The van der Waals surface area contributed by atoms with Gasteiger partial charge in [0.1, 0.15) is 0 Å². The van der Waals surface area contributed by atoms with Crippen LogP contribution in [0, 0.1) is 5.92 Å². The van der Waals surface area contributed by atoms with Crippen molar-refractivity contribution in [3.05, 3.63) is 29.8 Å². The van der Waals surface area contributed by atoms with Crippen molar-refractivity contribution in [2.75, 3.05) is 13.1 Å². The van der Waals surface area contributed by atoms with Crippen LogP contribution in [0.25, 0.3) is 0 Å². The first-order valence-electron chi connectivity index (χ1n) is 6.41. The van der Waals surface area contributed by atoms with Gasteiger partial charge in [-0.25, -0.2) is 0 Å². The van der Waals surface area contributed by atoms with Crippen molar-refractivity contribution in [3.8, 4) is 0 Å². The summed E-state index contributed by atoms with van der Waals surface area (Å²) in [5, 5.41) is 8.90. The van der Waals surface area contributed by atoms with Crippen molar-refractivity contribution < 1.29 is 14.7 Å². The SMILES string of the molecule is O=C(O)C1CCN(C(=O)C2Cc3ccccc3S2)C1. The van der Waals surface area contributed by atoms with E-state index < -0.39 is 11.9 Å². The third kappa shape index (κ3) is 2.34. The Morgan fingerprint density at radius 1 is 1.32 bits per heavy atom. The molecule has 0 aromatic heterocycles. The van der Waals surface area contributed by atoms with Gasteiger partial charge in [-0.15, -0.1) is 11.8 Å². The number of nitrogens with zero attached hydrogens (tertiary/aromatic N) is 1. The van der Waals surface area contributed by atoms with Crippen LogP contribution in [-0.2, 0) is 16.0 Å². The summed E-state index contributed by atoms with van der Waals surface area (Å²) in [5.41, 5.74) is 1.22. The molecule has 0 spiro atoms. The number of hydrogen-bond acceptors (Lipinski definition) is 3. The van der Waals surface area contributed by atoms with Crippen LogP contribution < -0.4 is 0 Å². The van der Waals surface area contributed by atoms with Crippen LogP contribution >= 0.6 is 11.8 Å². The predicted octanol–water partition coefficient (Wildman–Crippen LogP) is 1.64. The van der Waals surface area contributed by atoms with E-state index in [0.717, 1.165) is 6.42 Å². The van der Waals surface area contributed by atoms with Crippen LogP contribution in [0.15, 0.2) is 29.2 Å². The maximum absolute atomic E-state index is 12.4. The second kappa shape index (κ2) is 4.89. The van der Waals surface area contributed by atoms with Crippen molar-refractivity contribution in [2.24, 2.45) is 5.92 Å². The van der Waals surface area contributed by atoms with Crippen molar-refractivity contribution >= 4 is 23.6 Å². The average Bonchev–Trinajstić information content (AvgIpc) is 3.04. The average molecular weight is 277 g/mol. The number of carbonyl (C=O) groups excluding carboxylic acids is 1. The van der Waals surface area contributed by atoms with E-state index in [1.54, 1.807) is 16.7 Å². The molecule has 0 radical (unpaired) electrons. The van der Waals surface area contributed by atoms with Gasteiger partial charge in [0, 0.05) is 18.0 Å². The first-order chi connectivity index (χ1) is 9.15. The maximum Gasteiger partial charge on any atom is 0.308 e. The molecule has 1 amide bonds. The summed E-state index contributed by atoms with van der Waals surface area (Å²) in [5.74, 6) is -1.10. The summed E-state index contributed by atoms with van der Waals surface area (Å²) in [6, 6.07) is 8.06. The van der Waals surface area contributed by atoms with Gasteiger partial charge in [0.05, 0.1) is 11.2 Å². The normalized spacial score (nSPS) is 25.4. The molecule has 5 heteroatoms. The molecule has 0 saturated carbocycles. The van der Waals surface area contributed by atoms with E-state index >= 15 is 0 Å². The van der Waals surface area contributed by atoms with Gasteiger partial charge in [0.15, 0.2) is 0 Å². The van der Waals surface area contributed by atoms with Crippen LogP contribution in [-0.4, -0.2) is 40.2 Å². The molecule has 2 aliphatic rings. The summed E-state index contributed by atoms with van der Waals surface area (Å²) in [7, 11) is 0. The lowest BCUT2D eigenvalue weighted by molar-refractivity contribution is -0.141. The highest BCUT2D eigenvalue weighted by Crippen LogP contribution is 2.38. The van der Waals surface area contributed by atoms with Crippen molar-refractivity contribution in [3.63, 3.8) is 0 Å². The lowest BCUT2D eigenvalue weighted by Crippen LogP contribution is -2.36. The largest absolute Gasteiger partial charge is 0.481 e. The quantitative estimate of drug-likeness (QED) is 0.893. The van der Waals surface area contributed by atoms with E-state index in [1.807, 2.05) is 18.2 Å². The lowest BCUT2D eigenvalue weighted by atomic mass is 10.1. The molecule has 2 atom stereocenters. The molecular formula is C14H15NO3S. The second-order valence-electron chi connectivity index (χ2n) is 5.03. The molecule has 2 heterocycles. The Labute approximate surface area is 115 Å². The molecule has 1 fully saturated rings. The van der Waals surface area contributed by atoms with E-state index in [1.165, 1.54) is 10.5 Å². The molecule has 100 valence electrons. The minimum atomic E-state index is -0.794. The fourth-order valence-electron chi connectivity index (χ4n) is 2.69. The zero-order valence-electron chi connectivity index (χ0n) is 10.4. The summed E-state index contributed by atoms with van der Waals surface area (Å²) < 4.78 is 0. The van der Waals surface area contributed by atoms with E-state index in [0.29, 0.717) is 19.5 Å². The van der Waals surface area contributed by atoms with Gasteiger partial charge in [0.2, 0.25) is 5.91 Å². The fraction of sp³-hybridized carbons (Fsp3) is 0.429. The Morgan fingerprint density at radius 2 is 2.11 bits per heavy atom. The van der Waals surface area contributed by atoms with Crippen LogP contribution in [0.3, 0.4) is 0 Å². The number of benzene rings is 1. The lowest BCUT2D eigenvalue weighted by Gasteiger charge is -2.19. The Balaban J connectivity index is 1.66. The predicted molar refractivity (Wildman–Crippen MR) is 72.1 cm³/mol. The molecule has 0 bridgehead atoms. The zero-order valence-corrected chi connectivity index (χ0v) is 11.2. The van der Waals surface area contributed by atoms with Crippen LogP contribution in [0.1, 0.15) is 12.0 Å². The molecule has 1 N–H and O–H groups in total. The Bertz CT molecular complexity index is 506. The summed E-state index contributed by atoms with van der Waals surface area (Å²) in [6.07, 6.45) is 1.33. The standard InChI is InChI=1S/C14H15NO3S/c16-13(15-6-5-10(8-15)14(17)18)12-7-9-3-1-2-4-11(9)19-12/h1-4,10,12H,5-8H2,(H,17,18). The third-order valence-corrected chi connectivity index (χ3v) is 5.08. The number of likely N-dealkylation sites (tertiary alicyclic amines) is 1. The molecule has 1 aromatic carbocycles. The highest BCUT2D eigenvalue weighted by Gasteiger charge is 2.36. The summed E-state index contributed by atoms with van der Waals surface area (Å²) >= 11 is 1.60. The van der Waals surface area contributed by atoms with E-state index in [2.05, 4.69) is 6.07 Å². The van der Waals surface area contributed by atoms with Gasteiger partial charge in [-0.1, -0.05) is 18.2 Å². The Morgan fingerprint density at radius 3 is 2.79 bits per heavy atom. The monoisotopic (exact) mass is 277 g/mol. The van der Waals surface area contributed by atoms with Crippen LogP contribution in [0.5, 0.6) is 0 Å². The van der Waals surface area contributed by atoms with Crippen LogP contribution in [0.4, 0.5) is 0 Å². The molecule has 0 aliphatic carbocycles. The Kier molecular flexibility index (Phi) is 3.22. The minimum Gasteiger partial charge on any atom is -0.481 e. The molecule has 19 heavy (non-hydrogen) atoms. The first-order valence-corrected chi connectivity index (χ1v) is 7.29. The number of amides is 1. The second-order valence-corrected chi connectivity index (χ2v) is 6.27. The molecule has 1 saturated heterocycles. The van der Waals surface area contributed by atoms with Gasteiger partial charge in [-0.3, -0.25) is 9.59 Å². The topological polar surface area (TPSA) is 57.6 Å². The maximum atomic E-state index is 12.4. The van der Waals surface area contributed by atoms with E-state index in [-0.39, 0.29) is 11.2 Å². The van der Waals surface area contributed by atoms with Crippen molar-refractivity contribution in [1.29, 1.82) is 0 Å². The summed E-state index contributed by atoms with van der Waals surface area (Å²) in [4.78, 5) is 26.2. The van der Waals surface area contributed by atoms with Gasteiger partial charge < -0.3 is 10.0 Å². The van der Waals surface area contributed by atoms with Crippen molar-refractivity contribution in [2.45, 2.75) is 23.0 Å². The van der Waals surface area contributed by atoms with E-state index in [4.69, 9.17) is 5.11 Å². The number of carboxylic acids is 1.